The van der Waals surface area contributed by atoms with Crippen molar-refractivity contribution in [1.29, 1.82) is 0 Å². The summed E-state index contributed by atoms with van der Waals surface area (Å²) in [6.07, 6.45) is 6.04. The van der Waals surface area contributed by atoms with Crippen molar-refractivity contribution in [3.8, 4) is 0 Å². The van der Waals surface area contributed by atoms with E-state index in [1.807, 2.05) is 32.9 Å². The quantitative estimate of drug-likeness (QED) is 0.589. The first kappa shape index (κ1) is 27.3. The number of hydrogen-bond donors (Lipinski definition) is 1. The molecule has 3 aliphatic heterocycles. The van der Waals surface area contributed by atoms with E-state index in [0.29, 0.717) is 17.9 Å². The maximum absolute atomic E-state index is 13.7. The average Bonchev–Trinajstić information content (AvgIpc) is 3.42. The first-order valence-corrected chi connectivity index (χ1v) is 14.3. The number of methoxy groups -OCH3 is 1. The van der Waals surface area contributed by atoms with Crippen LogP contribution in [-0.4, -0.2) is 91.1 Å². The topological polar surface area (TPSA) is 88.2 Å². The van der Waals surface area contributed by atoms with Crippen molar-refractivity contribution in [2.24, 2.45) is 5.41 Å². The number of nitrogens with one attached hydrogen (secondary N) is 1. The van der Waals surface area contributed by atoms with Gasteiger partial charge in [-0.05, 0) is 74.2 Å². The highest BCUT2D eigenvalue weighted by Gasteiger charge is 2.53. The van der Waals surface area contributed by atoms with Crippen molar-refractivity contribution >= 4 is 17.6 Å². The molecule has 0 aromatic heterocycles. The molecular weight excluding hydrogens is 482 g/mol. The lowest BCUT2D eigenvalue weighted by atomic mass is 9.85. The smallest absolute Gasteiger partial charge is 0.251 e. The lowest BCUT2D eigenvalue weighted by Gasteiger charge is -2.42. The van der Waals surface area contributed by atoms with Crippen LogP contribution in [0.3, 0.4) is 0 Å². The molecule has 4 aliphatic rings. The maximum Gasteiger partial charge on any atom is 0.251 e. The van der Waals surface area contributed by atoms with Crippen LogP contribution in [-0.2, 0) is 19.1 Å². The molecule has 1 aliphatic carbocycles. The van der Waals surface area contributed by atoms with Crippen LogP contribution in [0.5, 0.6) is 0 Å². The Hall–Kier alpha value is -2.29. The number of Topliss-reactive ketones (excluding diaryl/α,β-unsaturated/α-hetero) is 1. The van der Waals surface area contributed by atoms with Crippen LogP contribution in [0.15, 0.2) is 24.3 Å². The van der Waals surface area contributed by atoms with Crippen LogP contribution < -0.4 is 5.32 Å². The van der Waals surface area contributed by atoms with Gasteiger partial charge in [0.1, 0.15) is 30.9 Å². The van der Waals surface area contributed by atoms with Gasteiger partial charge < -0.3 is 24.6 Å². The van der Waals surface area contributed by atoms with Crippen LogP contribution >= 0.6 is 0 Å². The fraction of sp³-hybridized carbons (Fsp3) is 0.700. The SMILES string of the molecule is CO[C@@H]1CN(C(=O)C(CC(C)(C)C)NC(=O)c2ccc(C3CCN(C4CCC4)CC3)cc2)[C@@H]2C(=O)CO[C@@H]21. The molecule has 0 radical (unpaired) electrons. The van der Waals surface area contributed by atoms with Gasteiger partial charge >= 0.3 is 0 Å². The third-order valence-corrected chi connectivity index (χ3v) is 8.91. The number of benzene rings is 1. The Balaban J connectivity index is 1.24. The summed E-state index contributed by atoms with van der Waals surface area (Å²) in [5.41, 5.74) is 1.62. The number of fused-ring (bicyclic) bond motifs is 1. The third-order valence-electron chi connectivity index (χ3n) is 8.91. The van der Waals surface area contributed by atoms with Gasteiger partial charge in [-0.3, -0.25) is 14.4 Å². The Kier molecular flexibility index (Phi) is 7.94. The normalized spacial score (nSPS) is 27.7. The average molecular weight is 526 g/mol. The second kappa shape index (κ2) is 11.1. The van der Waals surface area contributed by atoms with E-state index in [0.717, 1.165) is 32.0 Å². The highest BCUT2D eigenvalue weighted by molar-refractivity contribution is 5.99. The van der Waals surface area contributed by atoms with Gasteiger partial charge in [0.25, 0.3) is 5.91 Å². The molecule has 8 heteroatoms. The first-order chi connectivity index (χ1) is 18.1. The summed E-state index contributed by atoms with van der Waals surface area (Å²) in [5, 5.41) is 2.99. The zero-order valence-electron chi connectivity index (χ0n) is 23.3. The number of ether oxygens (including phenoxy) is 2. The molecule has 1 N–H and O–H groups in total. The van der Waals surface area contributed by atoms with E-state index in [1.54, 1.807) is 12.0 Å². The minimum atomic E-state index is -0.748. The monoisotopic (exact) mass is 525 g/mol. The third kappa shape index (κ3) is 5.68. The number of nitrogens with zero attached hydrogens (tertiary/aromatic N) is 2. The van der Waals surface area contributed by atoms with E-state index >= 15 is 0 Å². The van der Waals surface area contributed by atoms with Gasteiger partial charge in [0.15, 0.2) is 5.78 Å². The van der Waals surface area contributed by atoms with E-state index in [9.17, 15) is 14.4 Å². The Labute approximate surface area is 226 Å². The van der Waals surface area contributed by atoms with Gasteiger partial charge in [-0.15, -0.1) is 0 Å². The van der Waals surface area contributed by atoms with Gasteiger partial charge in [0, 0.05) is 18.7 Å². The van der Waals surface area contributed by atoms with Crippen molar-refractivity contribution in [3.63, 3.8) is 0 Å². The molecule has 1 unspecified atom stereocenters. The Morgan fingerprint density at radius 2 is 1.79 bits per heavy atom. The van der Waals surface area contributed by atoms with E-state index in [-0.39, 0.29) is 42.3 Å². The summed E-state index contributed by atoms with van der Waals surface area (Å²) < 4.78 is 11.1. The van der Waals surface area contributed by atoms with E-state index < -0.39 is 18.2 Å². The maximum atomic E-state index is 13.7. The minimum Gasteiger partial charge on any atom is -0.377 e. The highest BCUT2D eigenvalue weighted by Crippen LogP contribution is 2.34. The van der Waals surface area contributed by atoms with Crippen LogP contribution in [0.4, 0.5) is 0 Å². The van der Waals surface area contributed by atoms with Crippen LogP contribution in [0.2, 0.25) is 0 Å². The summed E-state index contributed by atoms with van der Waals surface area (Å²) in [6.45, 7) is 8.70. The number of carbonyl (C=O) groups is 3. The van der Waals surface area contributed by atoms with E-state index in [1.165, 1.54) is 24.8 Å². The van der Waals surface area contributed by atoms with E-state index in [2.05, 4.69) is 22.3 Å². The van der Waals surface area contributed by atoms with E-state index in [4.69, 9.17) is 9.47 Å². The van der Waals surface area contributed by atoms with Gasteiger partial charge in [-0.25, -0.2) is 0 Å². The summed E-state index contributed by atoms with van der Waals surface area (Å²) >= 11 is 0. The molecule has 0 bridgehead atoms. The zero-order valence-corrected chi connectivity index (χ0v) is 23.3. The van der Waals surface area contributed by atoms with Crippen LogP contribution in [0.25, 0.3) is 0 Å². The number of likely N-dealkylation sites (tertiary alicyclic amines) is 2. The molecule has 0 spiro atoms. The lowest BCUT2D eigenvalue weighted by Crippen LogP contribution is -2.53. The predicted molar refractivity (Wildman–Crippen MR) is 144 cm³/mol. The largest absolute Gasteiger partial charge is 0.377 e. The molecule has 38 heavy (non-hydrogen) atoms. The van der Waals surface area contributed by atoms with Gasteiger partial charge in [-0.2, -0.15) is 0 Å². The van der Waals surface area contributed by atoms with Crippen molar-refractivity contribution < 1.29 is 23.9 Å². The van der Waals surface area contributed by atoms with Crippen LogP contribution in [0, 0.1) is 5.41 Å². The number of piperidine rings is 1. The lowest BCUT2D eigenvalue weighted by molar-refractivity contribution is -0.138. The first-order valence-electron chi connectivity index (χ1n) is 14.3. The Morgan fingerprint density at radius 3 is 2.37 bits per heavy atom. The van der Waals surface area contributed by atoms with Gasteiger partial charge in [-0.1, -0.05) is 39.3 Å². The molecule has 1 aromatic carbocycles. The molecule has 208 valence electrons. The summed E-state index contributed by atoms with van der Waals surface area (Å²) in [7, 11) is 1.57. The second-order valence-corrected chi connectivity index (χ2v) is 12.8. The van der Waals surface area contributed by atoms with Crippen molar-refractivity contribution in [2.45, 2.75) is 95.5 Å². The fourth-order valence-electron chi connectivity index (χ4n) is 6.56. The molecule has 5 rings (SSSR count). The van der Waals surface area contributed by atoms with Gasteiger partial charge in [0.2, 0.25) is 5.91 Å². The molecule has 2 amide bonds. The molecule has 4 atom stereocenters. The molecule has 8 nitrogen and oxygen atoms in total. The molecular formula is C30H43N3O5. The number of hydrogen-bond acceptors (Lipinski definition) is 6. The number of carbonyl (C=O) groups excluding carboxylic acids is 3. The van der Waals surface area contributed by atoms with Crippen LogP contribution in [0.1, 0.15) is 81.1 Å². The molecule has 3 heterocycles. The van der Waals surface area contributed by atoms with Crippen molar-refractivity contribution in [2.75, 3.05) is 33.4 Å². The Morgan fingerprint density at radius 1 is 1.11 bits per heavy atom. The fourth-order valence-corrected chi connectivity index (χ4v) is 6.56. The Bertz CT molecular complexity index is 1020. The summed E-state index contributed by atoms with van der Waals surface area (Å²) in [4.78, 5) is 43.8. The highest BCUT2D eigenvalue weighted by atomic mass is 16.5. The van der Waals surface area contributed by atoms with Crippen molar-refractivity contribution in [1.82, 2.24) is 15.1 Å². The molecule has 3 saturated heterocycles. The molecule has 1 aromatic rings. The number of ketones is 1. The van der Waals surface area contributed by atoms with Crippen molar-refractivity contribution in [3.05, 3.63) is 35.4 Å². The summed E-state index contributed by atoms with van der Waals surface area (Å²) in [5.74, 6) is -0.108. The molecule has 4 fully saturated rings. The standard InChI is InChI=1S/C30H43N3O5/c1-30(2,3)16-23(29(36)33-17-25(37-4)27-26(33)24(34)18-38-27)31-28(35)21-10-8-19(9-11-21)20-12-14-32(15-13-20)22-6-5-7-22/h8-11,20,22-23,25-27H,5-7,12-18H2,1-4H3,(H,31,35)/t23?,25-,26-,27-/m1/s1. The second-order valence-electron chi connectivity index (χ2n) is 12.8. The minimum absolute atomic E-state index is 0.0127. The summed E-state index contributed by atoms with van der Waals surface area (Å²) in [6, 6.07) is 7.30. The number of rotatable bonds is 7. The molecule has 1 saturated carbocycles. The van der Waals surface area contributed by atoms with Gasteiger partial charge in [0.05, 0.1) is 6.54 Å². The number of amides is 2. The predicted octanol–water partition coefficient (Wildman–Crippen LogP) is 3.15. The zero-order chi connectivity index (χ0) is 27.0.